The Morgan fingerprint density at radius 3 is 0.655 bits per heavy atom. The van der Waals surface area contributed by atoms with Gasteiger partial charge in [-0.25, -0.2) is 24.0 Å². The largest absolute Gasteiger partial charge is 0.445 e. The number of Topliss-reactive ketones (excluding diaryl/α,β-unsaturated/α-hetero) is 1. The Morgan fingerprint density at radius 2 is 0.437 bits per heavy atom. The van der Waals surface area contributed by atoms with Crippen molar-refractivity contribution in [2.45, 2.75) is 193 Å². The van der Waals surface area contributed by atoms with Crippen molar-refractivity contribution in [3.05, 3.63) is 63.3 Å². The van der Waals surface area contributed by atoms with Crippen molar-refractivity contribution in [1.82, 2.24) is 77.7 Å². The molecule has 0 rings (SSSR count). The molecular weight excluding hydrogens is 1540 g/mol. The second kappa shape index (κ2) is 74.9. The highest BCUT2D eigenvalue weighted by atomic mass is 16.6. The molecule has 0 fully saturated rings. The molecule has 0 unspecified atom stereocenters. The zero-order valence-corrected chi connectivity index (χ0v) is 70.7. The number of nitrogens with two attached hydrogens (primary N) is 1. The first-order valence-electron chi connectivity index (χ1n) is 41.9. The Bertz CT molecular complexity index is 3050. The number of hydrogen-bond acceptors (Lipinski definition) is 22. The van der Waals surface area contributed by atoms with E-state index in [0.717, 1.165) is 44.9 Å². The van der Waals surface area contributed by atoms with Crippen LogP contribution in [-0.2, 0) is 76.4 Å². The Labute approximate surface area is 703 Å². The summed E-state index contributed by atoms with van der Waals surface area (Å²) in [6.07, 6.45) is 19.6. The maximum absolute atomic E-state index is 14.0. The lowest BCUT2D eigenvalue weighted by molar-refractivity contribution is -0.137. The molecule has 15 amide bonds. The van der Waals surface area contributed by atoms with E-state index in [-0.39, 0.29) is 180 Å². The van der Waals surface area contributed by atoms with Crippen molar-refractivity contribution in [1.29, 1.82) is 0 Å². The van der Waals surface area contributed by atoms with Gasteiger partial charge in [0, 0.05) is 137 Å². The van der Waals surface area contributed by atoms with Crippen molar-refractivity contribution < 1.29 is 100 Å². The van der Waals surface area contributed by atoms with Crippen molar-refractivity contribution in [3.8, 4) is 0 Å². The van der Waals surface area contributed by atoms with Gasteiger partial charge in [-0.2, -0.15) is 0 Å². The monoisotopic (exact) mass is 1690 g/mol. The quantitative estimate of drug-likeness (QED) is 0.0213. The normalized spacial score (nSPS) is 10.5. The average molecular weight is 1690 g/mol. The number of rotatable bonds is 75. The molecule has 0 aliphatic rings. The lowest BCUT2D eigenvalue weighted by atomic mass is 10.1. The summed E-state index contributed by atoms with van der Waals surface area (Å²) in [5.74, 6) is -5.03. The van der Waals surface area contributed by atoms with E-state index in [4.69, 9.17) is 29.4 Å². The van der Waals surface area contributed by atoms with Crippen LogP contribution >= 0.6 is 0 Å². The van der Waals surface area contributed by atoms with Crippen LogP contribution in [0.4, 0.5) is 24.0 Å². The van der Waals surface area contributed by atoms with Gasteiger partial charge in [0.05, 0.1) is 32.7 Å². The topological polar surface area (TPSA) is 482 Å². The molecule has 674 valence electrons. The Morgan fingerprint density at radius 1 is 0.244 bits per heavy atom. The molecule has 37 heteroatoms. The fourth-order valence-corrected chi connectivity index (χ4v) is 11.4. The molecule has 0 saturated heterocycles. The highest BCUT2D eigenvalue weighted by Gasteiger charge is 2.25. The van der Waals surface area contributed by atoms with Crippen LogP contribution in [0.25, 0.3) is 0 Å². The third-order valence-corrected chi connectivity index (χ3v) is 17.7. The number of nitrogens with zero attached hydrogens (tertiary/aromatic N) is 5. The van der Waals surface area contributed by atoms with E-state index in [9.17, 15) is 76.7 Å². The summed E-state index contributed by atoms with van der Waals surface area (Å²) < 4.78 is 24.7. The van der Waals surface area contributed by atoms with Gasteiger partial charge in [0.25, 0.3) is 0 Å². The SMILES string of the molecule is C=CCOC(=O)NCCCCCC(=O)N(CCNC(=O)CN(CCNC(=O)CN(CCNC(=O)CN(CCNC(=O)CN(CCNC(=O)CCCCCCCCCCN)C(=O)CCCCCNC(=O)OCC=C)C(=O)CCCCCNC(=O)OCC=C)C(=O)CCCCCNC(=O)OCC=C)C(=O)CCCCCNC(=O)OCC=C)CC(C)=O. The number of amides is 15. The standard InChI is InChI=1S/C82H140N16O21/c1-7-57-115-78(110)89-42-30-18-24-36-73(105)94(62-67(6)99)52-48-85-69(101)64-96(75(107)38-26-20-32-44-91-80(112)117-59-9-3)54-50-87-71(103)66-98(77(109)40-28-22-34-46-93-82(114)119-61-11-5)56-51-88-72(104)65-97(76(108)39-27-21-33-45-92-81(113)118-60-10-4)55-49-86-70(102)63-95(74(106)37-25-19-31-43-90-79(111)116-58-8-2)53-47-84-68(100)35-23-16-14-12-13-15-17-29-41-83/h7-11H,1-5,12-66,83H2,6H3,(H,84,100)(H,85,101)(H,86,102)(H,87,103)(H,88,104)(H,89,110)(H,90,111)(H,91,112)(H,92,113)(H,93,114). The number of nitrogens with one attached hydrogen (secondary N) is 10. The minimum absolute atomic E-state index is 0.0137. The summed E-state index contributed by atoms with van der Waals surface area (Å²) in [5.41, 5.74) is 5.60. The van der Waals surface area contributed by atoms with E-state index in [1.807, 2.05) is 0 Å². The zero-order valence-electron chi connectivity index (χ0n) is 70.7. The summed E-state index contributed by atoms with van der Waals surface area (Å²) in [4.78, 5) is 215. The molecule has 0 aliphatic carbocycles. The number of hydrogen-bond donors (Lipinski definition) is 11. The minimum Gasteiger partial charge on any atom is -0.445 e. The van der Waals surface area contributed by atoms with Crippen molar-refractivity contribution >= 4 is 95.3 Å². The van der Waals surface area contributed by atoms with Crippen molar-refractivity contribution in [3.63, 3.8) is 0 Å². The smallest absolute Gasteiger partial charge is 0.407 e. The molecule has 0 aliphatic heterocycles. The summed E-state index contributed by atoms with van der Waals surface area (Å²) in [6.45, 7) is 18.0. The van der Waals surface area contributed by atoms with Crippen LogP contribution < -0.4 is 58.9 Å². The summed E-state index contributed by atoms with van der Waals surface area (Å²) in [6, 6.07) is 0. The third-order valence-electron chi connectivity index (χ3n) is 17.7. The Kier molecular flexibility index (Phi) is 68.2. The number of carbonyl (C=O) groups excluding carboxylic acids is 16. The van der Waals surface area contributed by atoms with Gasteiger partial charge in [-0.15, -0.1) is 0 Å². The number of carbonyl (C=O) groups is 16. The molecule has 37 nitrogen and oxygen atoms in total. The number of alkyl carbamates (subject to hydrolysis) is 5. The van der Waals surface area contributed by atoms with E-state index in [2.05, 4.69) is 86.1 Å². The molecule has 12 N–H and O–H groups in total. The highest BCUT2D eigenvalue weighted by molar-refractivity contribution is 5.88. The predicted octanol–water partition coefficient (Wildman–Crippen LogP) is 5.13. The molecule has 0 aromatic rings. The van der Waals surface area contributed by atoms with Gasteiger partial charge in [-0.3, -0.25) is 52.7 Å². The first kappa shape index (κ1) is 108. The van der Waals surface area contributed by atoms with Gasteiger partial charge in [0.15, 0.2) is 0 Å². The second-order valence-corrected chi connectivity index (χ2v) is 28.0. The Hall–Kier alpha value is -10.6. The summed E-state index contributed by atoms with van der Waals surface area (Å²) in [5, 5.41) is 26.9. The maximum atomic E-state index is 14.0. The molecule has 0 aromatic heterocycles. The van der Waals surface area contributed by atoms with Crippen molar-refractivity contribution in [2.24, 2.45) is 5.73 Å². The predicted molar refractivity (Wildman–Crippen MR) is 449 cm³/mol. The molecule has 0 heterocycles. The number of ether oxygens (including phenoxy) is 5. The van der Waals surface area contributed by atoms with Crippen LogP contribution in [0.1, 0.15) is 193 Å². The second-order valence-electron chi connectivity index (χ2n) is 28.0. The van der Waals surface area contributed by atoms with Gasteiger partial charge in [-0.1, -0.05) is 134 Å². The lowest BCUT2D eigenvalue weighted by Crippen LogP contribution is -2.49. The van der Waals surface area contributed by atoms with Gasteiger partial charge >= 0.3 is 30.5 Å². The van der Waals surface area contributed by atoms with E-state index < -0.39 is 98.0 Å². The average Bonchev–Trinajstić information content (AvgIpc) is 0.916. The molecule has 0 aromatic carbocycles. The van der Waals surface area contributed by atoms with Gasteiger partial charge in [0.2, 0.25) is 59.1 Å². The van der Waals surface area contributed by atoms with Crippen LogP contribution in [0.5, 0.6) is 0 Å². The maximum Gasteiger partial charge on any atom is 0.407 e. The van der Waals surface area contributed by atoms with Gasteiger partial charge in [0.1, 0.15) is 38.8 Å². The lowest BCUT2D eigenvalue weighted by Gasteiger charge is -2.26. The van der Waals surface area contributed by atoms with E-state index >= 15 is 0 Å². The first-order chi connectivity index (χ1) is 57.4. The fourth-order valence-electron chi connectivity index (χ4n) is 11.4. The Balaban J connectivity index is 6.62. The minimum atomic E-state index is -0.664. The molecule has 0 atom stereocenters. The third kappa shape index (κ3) is 65.1. The molecule has 0 radical (unpaired) electrons. The van der Waals surface area contributed by atoms with Crippen LogP contribution in [0.2, 0.25) is 0 Å². The summed E-state index contributed by atoms with van der Waals surface area (Å²) in [7, 11) is 0. The molecule has 0 bridgehead atoms. The van der Waals surface area contributed by atoms with Crippen LogP contribution in [0.15, 0.2) is 63.3 Å². The van der Waals surface area contributed by atoms with E-state index in [1.54, 1.807) is 0 Å². The van der Waals surface area contributed by atoms with Gasteiger partial charge in [-0.05, 0) is 90.5 Å². The van der Waals surface area contributed by atoms with E-state index in [1.165, 1.54) is 61.8 Å². The fraction of sp³-hybridized carbons (Fsp3) is 0.683. The number of unbranched alkanes of at least 4 members (excludes halogenated alkanes) is 17. The van der Waals surface area contributed by atoms with Crippen molar-refractivity contribution in [2.75, 3.05) is 170 Å². The number of ketones is 1. The van der Waals surface area contributed by atoms with Gasteiger partial charge < -0.3 is 107 Å². The van der Waals surface area contributed by atoms with Crippen LogP contribution in [0, 0.1) is 0 Å². The molecule has 119 heavy (non-hydrogen) atoms. The molecule has 0 spiro atoms. The van der Waals surface area contributed by atoms with E-state index in [0.29, 0.717) is 129 Å². The zero-order chi connectivity index (χ0) is 88.2. The van der Waals surface area contributed by atoms with Crippen LogP contribution in [-0.4, -0.2) is 290 Å². The van der Waals surface area contributed by atoms with Crippen LogP contribution in [0.3, 0.4) is 0 Å². The molecular formula is C82H140N16O21. The first-order valence-corrected chi connectivity index (χ1v) is 41.9. The highest BCUT2D eigenvalue weighted by Crippen LogP contribution is 2.12. The summed E-state index contributed by atoms with van der Waals surface area (Å²) >= 11 is 0. The molecule has 0 saturated carbocycles.